The van der Waals surface area contributed by atoms with Crippen LogP contribution in [-0.4, -0.2) is 29.9 Å². The van der Waals surface area contributed by atoms with Crippen LogP contribution in [0.25, 0.3) is 5.70 Å². The number of aromatic nitrogens is 1. The molecule has 130 valence electrons. The van der Waals surface area contributed by atoms with Gasteiger partial charge in [-0.15, -0.1) is 11.3 Å². The van der Waals surface area contributed by atoms with E-state index in [9.17, 15) is 9.90 Å². The fraction of sp³-hybridized carbons (Fsp3) is 0.316. The van der Waals surface area contributed by atoms with Crippen molar-refractivity contribution in [3.05, 3.63) is 51.0 Å². The standard InChI is InChI=1S/C19H20N2O3S/c1-4-15(20-2)16-10-21-18(25-16)13-7-5-6-12-11(13)8-9-14(17(12)22)19(23)24-3/h4,8-10,13,22H,2,5-7H2,1,3H3. The number of rotatable bonds is 4. The highest BCUT2D eigenvalue weighted by atomic mass is 32.1. The second-order valence-electron chi connectivity index (χ2n) is 5.86. The van der Waals surface area contributed by atoms with E-state index in [2.05, 4.69) is 16.7 Å². The number of fused-ring (bicyclic) bond motifs is 1. The molecule has 5 nitrogen and oxygen atoms in total. The molecule has 1 unspecified atom stereocenters. The fourth-order valence-electron chi connectivity index (χ4n) is 3.29. The number of esters is 1. The molecule has 0 bridgehead atoms. The molecule has 0 saturated heterocycles. The van der Waals surface area contributed by atoms with Crippen LogP contribution in [-0.2, 0) is 11.2 Å². The number of phenols is 1. The van der Waals surface area contributed by atoms with E-state index in [4.69, 9.17) is 4.74 Å². The number of carbonyl (C=O) groups is 1. The second kappa shape index (κ2) is 7.19. The first-order valence-corrected chi connectivity index (χ1v) is 8.94. The minimum Gasteiger partial charge on any atom is -0.507 e. The predicted molar refractivity (Wildman–Crippen MR) is 99.5 cm³/mol. The summed E-state index contributed by atoms with van der Waals surface area (Å²) in [4.78, 5) is 21.4. The average Bonchev–Trinajstić information content (AvgIpc) is 3.12. The highest BCUT2D eigenvalue weighted by Crippen LogP contribution is 2.43. The molecule has 3 rings (SSSR count). The number of aliphatic imine (C=N–C) groups is 1. The van der Waals surface area contributed by atoms with E-state index < -0.39 is 5.97 Å². The van der Waals surface area contributed by atoms with E-state index >= 15 is 0 Å². The third kappa shape index (κ3) is 3.09. The summed E-state index contributed by atoms with van der Waals surface area (Å²) < 4.78 is 4.74. The molecular formula is C19H20N2O3S. The van der Waals surface area contributed by atoms with Gasteiger partial charge in [-0.3, -0.25) is 4.99 Å². The van der Waals surface area contributed by atoms with Gasteiger partial charge in [0.2, 0.25) is 0 Å². The van der Waals surface area contributed by atoms with Crippen molar-refractivity contribution < 1.29 is 14.6 Å². The van der Waals surface area contributed by atoms with Crippen LogP contribution in [0.3, 0.4) is 0 Å². The minimum atomic E-state index is -0.520. The SMILES string of the molecule is C=NC(=CC)c1cnc(C2CCCc3c2ccc(C(=O)OC)c3O)s1. The van der Waals surface area contributed by atoms with Crippen molar-refractivity contribution in [2.75, 3.05) is 7.11 Å². The third-order valence-corrected chi connectivity index (χ3v) is 5.67. The Morgan fingerprint density at radius 3 is 3.00 bits per heavy atom. The number of allylic oxidation sites excluding steroid dienone is 1. The van der Waals surface area contributed by atoms with Gasteiger partial charge < -0.3 is 9.84 Å². The first-order valence-electron chi connectivity index (χ1n) is 8.12. The van der Waals surface area contributed by atoms with E-state index in [1.54, 1.807) is 17.4 Å². The molecular weight excluding hydrogens is 336 g/mol. The maximum atomic E-state index is 11.8. The first-order chi connectivity index (χ1) is 12.1. The Kier molecular flexibility index (Phi) is 4.99. The molecule has 1 atom stereocenters. The molecule has 0 spiro atoms. The number of thiazole rings is 1. The number of methoxy groups -OCH3 is 1. The molecule has 6 heteroatoms. The molecule has 0 radical (unpaired) electrons. The zero-order chi connectivity index (χ0) is 18.0. The van der Waals surface area contributed by atoms with Crippen LogP contribution in [0.15, 0.2) is 29.4 Å². The van der Waals surface area contributed by atoms with Crippen molar-refractivity contribution in [1.29, 1.82) is 0 Å². The van der Waals surface area contributed by atoms with Crippen molar-refractivity contribution in [3.63, 3.8) is 0 Å². The highest BCUT2D eigenvalue weighted by Gasteiger charge is 2.28. The van der Waals surface area contributed by atoms with Crippen LogP contribution in [0.4, 0.5) is 0 Å². The number of benzene rings is 1. The Morgan fingerprint density at radius 2 is 2.32 bits per heavy atom. The Balaban J connectivity index is 2.01. The van der Waals surface area contributed by atoms with Crippen molar-refractivity contribution in [3.8, 4) is 5.75 Å². The van der Waals surface area contributed by atoms with E-state index in [1.807, 2.05) is 25.3 Å². The number of nitrogens with zero attached hydrogens (tertiary/aromatic N) is 2. The zero-order valence-electron chi connectivity index (χ0n) is 14.3. The smallest absolute Gasteiger partial charge is 0.341 e. The Labute approximate surface area is 150 Å². The van der Waals surface area contributed by atoms with Gasteiger partial charge in [-0.1, -0.05) is 12.1 Å². The van der Waals surface area contributed by atoms with Crippen molar-refractivity contribution >= 4 is 29.7 Å². The predicted octanol–water partition coefficient (Wildman–Crippen LogP) is 4.16. The molecule has 0 amide bonds. The van der Waals surface area contributed by atoms with Crippen LogP contribution in [0, 0.1) is 0 Å². The van der Waals surface area contributed by atoms with Crippen LogP contribution in [0.5, 0.6) is 5.75 Å². The lowest BCUT2D eigenvalue weighted by Crippen LogP contribution is -2.13. The first kappa shape index (κ1) is 17.4. The van der Waals surface area contributed by atoms with Crippen molar-refractivity contribution in [2.24, 2.45) is 4.99 Å². The normalized spacial score (nSPS) is 17.0. The Bertz CT molecular complexity index is 854. The summed E-state index contributed by atoms with van der Waals surface area (Å²) in [5.74, 6) is -0.371. The number of phenolic OH excluding ortho intramolecular Hbond substituents is 1. The maximum absolute atomic E-state index is 11.8. The van der Waals surface area contributed by atoms with Gasteiger partial charge in [-0.25, -0.2) is 9.78 Å². The van der Waals surface area contributed by atoms with E-state index in [1.165, 1.54) is 7.11 Å². The summed E-state index contributed by atoms with van der Waals surface area (Å²) in [5, 5.41) is 11.5. The molecule has 1 aliphatic carbocycles. The molecule has 0 aliphatic heterocycles. The van der Waals surface area contributed by atoms with Gasteiger partial charge in [-0.05, 0) is 50.1 Å². The van der Waals surface area contributed by atoms with Crippen molar-refractivity contribution in [2.45, 2.75) is 32.1 Å². The molecule has 1 heterocycles. The Morgan fingerprint density at radius 1 is 1.52 bits per heavy atom. The topological polar surface area (TPSA) is 71.8 Å². The number of ether oxygens (including phenoxy) is 1. The maximum Gasteiger partial charge on any atom is 0.341 e. The quantitative estimate of drug-likeness (QED) is 0.659. The Hall–Kier alpha value is -2.47. The van der Waals surface area contributed by atoms with Gasteiger partial charge in [0.1, 0.15) is 16.3 Å². The lowest BCUT2D eigenvalue weighted by atomic mass is 9.81. The van der Waals surface area contributed by atoms with Gasteiger partial charge in [0.25, 0.3) is 0 Å². The number of hydrogen-bond acceptors (Lipinski definition) is 6. The summed E-state index contributed by atoms with van der Waals surface area (Å²) >= 11 is 1.59. The summed E-state index contributed by atoms with van der Waals surface area (Å²) in [7, 11) is 1.31. The summed E-state index contributed by atoms with van der Waals surface area (Å²) in [6.45, 7) is 5.52. The summed E-state index contributed by atoms with van der Waals surface area (Å²) in [5.41, 5.74) is 2.90. The van der Waals surface area contributed by atoms with Crippen LogP contribution in [0.1, 0.15) is 57.1 Å². The molecule has 1 aromatic carbocycles. The monoisotopic (exact) mass is 356 g/mol. The van der Waals surface area contributed by atoms with E-state index in [0.717, 1.165) is 46.0 Å². The van der Waals surface area contributed by atoms with Gasteiger partial charge in [0.15, 0.2) is 0 Å². The van der Waals surface area contributed by atoms with E-state index in [-0.39, 0.29) is 17.2 Å². The molecule has 1 aliphatic rings. The summed E-state index contributed by atoms with van der Waals surface area (Å²) in [6, 6.07) is 3.55. The van der Waals surface area contributed by atoms with E-state index in [0.29, 0.717) is 0 Å². The number of aromatic hydroxyl groups is 1. The lowest BCUT2D eigenvalue weighted by Gasteiger charge is -2.25. The molecule has 1 aromatic heterocycles. The molecule has 1 N–H and O–H groups in total. The van der Waals surface area contributed by atoms with Gasteiger partial charge >= 0.3 is 5.97 Å². The van der Waals surface area contributed by atoms with Crippen LogP contribution < -0.4 is 0 Å². The third-order valence-electron chi connectivity index (χ3n) is 4.54. The number of carbonyl (C=O) groups excluding carboxylic acids is 1. The highest BCUT2D eigenvalue weighted by molar-refractivity contribution is 7.12. The second-order valence-corrected chi connectivity index (χ2v) is 6.92. The zero-order valence-corrected chi connectivity index (χ0v) is 15.1. The summed E-state index contributed by atoms with van der Waals surface area (Å²) in [6.07, 6.45) is 6.37. The van der Waals surface area contributed by atoms with Crippen molar-refractivity contribution in [1.82, 2.24) is 4.98 Å². The average molecular weight is 356 g/mol. The molecule has 25 heavy (non-hydrogen) atoms. The van der Waals surface area contributed by atoms with Gasteiger partial charge in [-0.2, -0.15) is 0 Å². The lowest BCUT2D eigenvalue weighted by molar-refractivity contribution is 0.0597. The van der Waals surface area contributed by atoms with Gasteiger partial charge in [0, 0.05) is 12.1 Å². The number of hydrogen-bond donors (Lipinski definition) is 1. The van der Waals surface area contributed by atoms with Crippen LogP contribution >= 0.6 is 11.3 Å². The molecule has 0 saturated carbocycles. The molecule has 2 aromatic rings. The minimum absolute atomic E-state index is 0.0349. The molecule has 0 fully saturated rings. The van der Waals surface area contributed by atoms with Gasteiger partial charge in [0.05, 0.1) is 17.7 Å². The van der Waals surface area contributed by atoms with Crippen LogP contribution in [0.2, 0.25) is 0 Å². The largest absolute Gasteiger partial charge is 0.507 e. The fourth-order valence-corrected chi connectivity index (χ4v) is 4.40.